The van der Waals surface area contributed by atoms with Gasteiger partial charge in [-0.3, -0.25) is 10.1 Å². The van der Waals surface area contributed by atoms with Crippen molar-refractivity contribution in [2.24, 2.45) is 0 Å². The summed E-state index contributed by atoms with van der Waals surface area (Å²) in [5.41, 5.74) is 4.75. The maximum Gasteiger partial charge on any atom is 0.0688 e. The molecule has 2 heterocycles. The van der Waals surface area contributed by atoms with Gasteiger partial charge in [0.1, 0.15) is 0 Å². The molecule has 1 unspecified atom stereocenters. The van der Waals surface area contributed by atoms with Crippen molar-refractivity contribution in [3.63, 3.8) is 0 Å². The Morgan fingerprint density at radius 3 is 3.20 bits per heavy atom. The van der Waals surface area contributed by atoms with Crippen molar-refractivity contribution in [2.75, 3.05) is 5.32 Å². The molecule has 0 amide bonds. The summed E-state index contributed by atoms with van der Waals surface area (Å²) in [6, 6.07) is 10.7. The van der Waals surface area contributed by atoms with E-state index in [4.69, 9.17) is 0 Å². The molecule has 2 aromatic heterocycles. The number of aryl methyl sites for hydroxylation is 1. The van der Waals surface area contributed by atoms with Gasteiger partial charge in [-0.15, -0.1) is 0 Å². The number of pyridine rings is 1. The highest BCUT2D eigenvalue weighted by Gasteiger charge is 2.21. The number of nitrogens with zero attached hydrogens (tertiary/aromatic N) is 2. The van der Waals surface area contributed by atoms with Gasteiger partial charge >= 0.3 is 0 Å². The summed E-state index contributed by atoms with van der Waals surface area (Å²) in [4.78, 5) is 4.58. The van der Waals surface area contributed by atoms with Crippen LogP contribution in [-0.2, 0) is 6.42 Å². The Morgan fingerprint density at radius 2 is 2.20 bits per heavy atom. The molecule has 0 spiro atoms. The van der Waals surface area contributed by atoms with Crippen LogP contribution in [0.15, 0.2) is 42.7 Å². The van der Waals surface area contributed by atoms with E-state index in [1.54, 1.807) is 0 Å². The van der Waals surface area contributed by atoms with Gasteiger partial charge < -0.3 is 5.32 Å². The zero-order chi connectivity index (χ0) is 13.4. The first-order valence-electron chi connectivity index (χ1n) is 7.04. The summed E-state index contributed by atoms with van der Waals surface area (Å²) in [5, 5.41) is 11.9. The molecule has 1 aromatic carbocycles. The van der Waals surface area contributed by atoms with E-state index in [2.05, 4.69) is 32.6 Å². The molecule has 0 radical (unpaired) electrons. The van der Waals surface area contributed by atoms with Crippen LogP contribution < -0.4 is 5.32 Å². The quantitative estimate of drug-likeness (QED) is 0.745. The number of hydrogen-bond acceptors (Lipinski definition) is 3. The molecular formula is C16H16N4. The Bertz CT molecular complexity index is 747. The lowest BCUT2D eigenvalue weighted by atomic mass is 9.91. The minimum Gasteiger partial charge on any atom is -0.376 e. The number of aromatic amines is 1. The predicted octanol–water partition coefficient (Wildman–Crippen LogP) is 3.45. The highest BCUT2D eigenvalue weighted by atomic mass is 15.1. The van der Waals surface area contributed by atoms with Crippen LogP contribution in [-0.4, -0.2) is 15.2 Å². The van der Waals surface area contributed by atoms with Gasteiger partial charge in [0.15, 0.2) is 0 Å². The van der Waals surface area contributed by atoms with E-state index in [0.717, 1.165) is 29.4 Å². The Kier molecular flexibility index (Phi) is 2.66. The third-order valence-electron chi connectivity index (χ3n) is 4.01. The number of aromatic nitrogens is 3. The fraction of sp³-hybridized carbons (Fsp3) is 0.250. The fourth-order valence-corrected chi connectivity index (χ4v) is 3.03. The zero-order valence-electron chi connectivity index (χ0n) is 11.1. The molecule has 1 aliphatic carbocycles. The lowest BCUT2D eigenvalue weighted by molar-refractivity contribution is 0.584. The second kappa shape index (κ2) is 4.63. The average Bonchev–Trinajstić information content (AvgIpc) is 2.97. The van der Waals surface area contributed by atoms with Gasteiger partial charge in [0, 0.05) is 17.3 Å². The Balaban J connectivity index is 1.72. The van der Waals surface area contributed by atoms with E-state index in [9.17, 15) is 0 Å². The zero-order valence-corrected chi connectivity index (χ0v) is 11.1. The topological polar surface area (TPSA) is 53.6 Å². The number of anilines is 1. The number of hydrogen-bond donors (Lipinski definition) is 2. The molecule has 4 rings (SSSR count). The van der Waals surface area contributed by atoms with Gasteiger partial charge in [0.05, 0.1) is 23.4 Å². The number of rotatable bonds is 2. The van der Waals surface area contributed by atoms with Gasteiger partial charge in [-0.1, -0.05) is 12.1 Å². The Morgan fingerprint density at radius 1 is 1.20 bits per heavy atom. The highest BCUT2D eigenvalue weighted by Crippen LogP contribution is 2.32. The number of benzene rings is 1. The van der Waals surface area contributed by atoms with Crippen LogP contribution >= 0.6 is 0 Å². The largest absolute Gasteiger partial charge is 0.376 e. The molecule has 1 atom stereocenters. The third-order valence-corrected chi connectivity index (χ3v) is 4.01. The molecule has 100 valence electrons. The summed E-state index contributed by atoms with van der Waals surface area (Å²) in [5.74, 6) is 0. The molecule has 3 aromatic rings. The van der Waals surface area contributed by atoms with Gasteiger partial charge in [0.2, 0.25) is 0 Å². The summed E-state index contributed by atoms with van der Waals surface area (Å²) in [6.07, 6.45) is 7.23. The second-order valence-corrected chi connectivity index (χ2v) is 5.27. The van der Waals surface area contributed by atoms with Crippen LogP contribution in [0.25, 0.3) is 10.9 Å². The first kappa shape index (κ1) is 11.5. The monoisotopic (exact) mass is 264 g/mol. The van der Waals surface area contributed by atoms with Gasteiger partial charge in [-0.05, 0) is 43.0 Å². The predicted molar refractivity (Wildman–Crippen MR) is 79.6 cm³/mol. The maximum absolute atomic E-state index is 4.58. The van der Waals surface area contributed by atoms with Crippen molar-refractivity contribution in [1.29, 1.82) is 0 Å². The van der Waals surface area contributed by atoms with Gasteiger partial charge in [-0.25, -0.2) is 0 Å². The van der Waals surface area contributed by atoms with Crippen molar-refractivity contribution in [1.82, 2.24) is 15.2 Å². The Labute approximate surface area is 117 Å². The Hall–Kier alpha value is -2.36. The van der Waals surface area contributed by atoms with Crippen molar-refractivity contribution in [2.45, 2.75) is 25.3 Å². The van der Waals surface area contributed by atoms with Gasteiger partial charge in [-0.2, -0.15) is 5.10 Å². The summed E-state index contributed by atoms with van der Waals surface area (Å²) >= 11 is 0. The number of nitrogens with one attached hydrogen (secondary N) is 2. The fourth-order valence-electron chi connectivity index (χ4n) is 3.03. The highest BCUT2D eigenvalue weighted by molar-refractivity contribution is 5.91. The maximum atomic E-state index is 4.58. The average molecular weight is 264 g/mol. The van der Waals surface area contributed by atoms with Crippen LogP contribution in [0.2, 0.25) is 0 Å². The molecule has 0 saturated heterocycles. The molecule has 0 fully saturated rings. The minimum atomic E-state index is 0.292. The van der Waals surface area contributed by atoms with Crippen LogP contribution in [0, 0.1) is 0 Å². The standard InChI is InChI=1S/C16H16N4/c1-4-11-5-3-9-17-16(11)15(8-1)19-13-6-2-7-14-12(13)10-18-20-14/h2-3,5-7,9-10,15,19H,1,4,8H2,(H,18,20). The van der Waals surface area contributed by atoms with E-state index >= 15 is 0 Å². The van der Waals surface area contributed by atoms with E-state index in [1.807, 2.05) is 30.6 Å². The van der Waals surface area contributed by atoms with Crippen LogP contribution in [0.4, 0.5) is 5.69 Å². The number of fused-ring (bicyclic) bond motifs is 2. The molecular weight excluding hydrogens is 248 g/mol. The first-order valence-corrected chi connectivity index (χ1v) is 7.04. The van der Waals surface area contributed by atoms with E-state index in [0.29, 0.717) is 6.04 Å². The summed E-state index contributed by atoms with van der Waals surface area (Å²) < 4.78 is 0. The van der Waals surface area contributed by atoms with E-state index in [1.165, 1.54) is 17.7 Å². The molecule has 20 heavy (non-hydrogen) atoms. The van der Waals surface area contributed by atoms with E-state index in [-0.39, 0.29) is 0 Å². The van der Waals surface area contributed by atoms with Gasteiger partial charge in [0.25, 0.3) is 0 Å². The smallest absolute Gasteiger partial charge is 0.0688 e. The summed E-state index contributed by atoms with van der Waals surface area (Å²) in [7, 11) is 0. The molecule has 4 heteroatoms. The van der Waals surface area contributed by atoms with Crippen molar-refractivity contribution >= 4 is 16.6 Å². The minimum absolute atomic E-state index is 0.292. The first-order chi connectivity index (χ1) is 9.92. The molecule has 1 aliphatic rings. The van der Waals surface area contributed by atoms with Crippen LogP contribution in [0.1, 0.15) is 30.1 Å². The van der Waals surface area contributed by atoms with Crippen molar-refractivity contribution < 1.29 is 0 Å². The molecule has 0 bridgehead atoms. The normalized spacial score (nSPS) is 17.9. The SMILES string of the molecule is c1cnc2c(c1)CCCC2Nc1cccc2[nH]ncc12. The second-order valence-electron chi connectivity index (χ2n) is 5.27. The lowest BCUT2D eigenvalue weighted by Gasteiger charge is -2.26. The van der Waals surface area contributed by atoms with Crippen LogP contribution in [0.3, 0.4) is 0 Å². The van der Waals surface area contributed by atoms with Crippen LogP contribution in [0.5, 0.6) is 0 Å². The van der Waals surface area contributed by atoms with Crippen molar-refractivity contribution in [3.05, 3.63) is 54.0 Å². The van der Waals surface area contributed by atoms with Crippen molar-refractivity contribution in [3.8, 4) is 0 Å². The lowest BCUT2D eigenvalue weighted by Crippen LogP contribution is -2.18. The molecule has 0 aliphatic heterocycles. The third kappa shape index (κ3) is 1.84. The molecule has 2 N–H and O–H groups in total. The molecule has 0 saturated carbocycles. The number of H-pyrrole nitrogens is 1. The van der Waals surface area contributed by atoms with E-state index < -0.39 is 0 Å². The molecule has 4 nitrogen and oxygen atoms in total. The summed E-state index contributed by atoms with van der Waals surface area (Å²) in [6.45, 7) is 0.